The van der Waals surface area contributed by atoms with E-state index in [0.29, 0.717) is 65.6 Å². The molecule has 4 N–H and O–H groups in total. The summed E-state index contributed by atoms with van der Waals surface area (Å²) in [4.78, 5) is 12.0. The highest BCUT2D eigenvalue weighted by molar-refractivity contribution is 9.11. The zero-order valence-corrected chi connectivity index (χ0v) is 86.2. The Kier molecular flexibility index (Phi) is 20.4. The summed E-state index contributed by atoms with van der Waals surface area (Å²) < 4.78 is 206. The van der Waals surface area contributed by atoms with Gasteiger partial charge in [0, 0.05) is 104 Å². The maximum Gasteiger partial charge on any atom is 0.488 e. The van der Waals surface area contributed by atoms with Crippen LogP contribution in [0.15, 0.2) is 524 Å². The van der Waals surface area contributed by atoms with Crippen LogP contribution < -0.4 is 10.8 Å². The Morgan fingerprint density at radius 2 is 0.703 bits per heavy atom. The molecule has 1 spiro atoms. The SMILES string of the molecule is O=C1c2ccccc2-c2ccc(Br)cc21.OB(O)c1ccc(Cl)cc1.[2H]c1c([2H])c(-c2ccccc2)c2c(C3(O)c4ccccc4-c4ccc(Br)cc43)c([2H])c([2H])c([2H])c2c1[2H].[2H]c1c([2H])c(Br)c2c(-c3ccccc3)c([2H])c([2H])c([2H])c2c1[2H].[2H]c1c([2H])c(Br)c2c(Br)c([2H])c([2H])c([2H])c2c1[2H].[2H]c1c([2H])c2c3c(c([2H])c([2H])c([2H])c3c1[2H])C1(c3ccccc3-c3ccc(Br)cc31)c1ccccc1-2.c1ccc(-n2c3ccccc3c3ccc(Nc4cccc5ccccc45)cc32)cc1. The summed E-state index contributed by atoms with van der Waals surface area (Å²) in [5.74, 6) is 0.127. The van der Waals surface area contributed by atoms with Crippen molar-refractivity contribution in [1.29, 1.82) is 0 Å². The van der Waals surface area contributed by atoms with Crippen LogP contribution in [0.5, 0.6) is 0 Å². The molecule has 0 radical (unpaired) electrons. The van der Waals surface area contributed by atoms with Gasteiger partial charge in [0.15, 0.2) is 5.78 Å². The average Bonchev–Trinajstić information content (AvgIpc) is 1.53. The van der Waals surface area contributed by atoms with Gasteiger partial charge in [-0.05, 0) is 235 Å². The van der Waals surface area contributed by atoms with Gasteiger partial charge in [-0.2, -0.15) is 0 Å². The number of aromatic nitrogens is 1. The molecule has 6 nitrogen and oxygen atoms in total. The van der Waals surface area contributed by atoms with E-state index >= 15 is 0 Å². The second kappa shape index (κ2) is 41.5. The van der Waals surface area contributed by atoms with Gasteiger partial charge < -0.3 is 25.0 Å². The second-order valence-corrected chi connectivity index (χ2v) is 39.7. The van der Waals surface area contributed by atoms with E-state index in [1.54, 1.807) is 91.0 Å². The summed E-state index contributed by atoms with van der Waals surface area (Å²) in [6.07, 6.45) is 0. The molecule has 0 saturated heterocycles. The van der Waals surface area contributed by atoms with Crippen molar-refractivity contribution in [2.24, 2.45) is 0 Å². The lowest BCUT2D eigenvalue weighted by atomic mass is 9.61. The quantitative estimate of drug-likeness (QED) is 0.119. The number of nitrogens with zero attached hydrogens (tertiary/aromatic N) is 1. The van der Waals surface area contributed by atoms with E-state index < -0.39 is 24.2 Å². The number of hydrogen-bond donors (Lipinski definition) is 4. The second-order valence-electron chi connectivity index (χ2n) is 34.1. The van der Waals surface area contributed by atoms with Crippen molar-refractivity contribution < 1.29 is 52.8 Å². The van der Waals surface area contributed by atoms with Crippen LogP contribution in [0.3, 0.4) is 0 Å². The molecule has 14 heteroatoms. The summed E-state index contributed by atoms with van der Waals surface area (Å²) >= 11 is 25.7. The minimum Gasteiger partial charge on any atom is -0.423 e. The lowest BCUT2D eigenvalue weighted by Gasteiger charge is -2.40. The van der Waals surface area contributed by atoms with Gasteiger partial charge in [0.2, 0.25) is 0 Å². The molecule has 0 saturated carbocycles. The first kappa shape index (κ1) is 71.3. The summed E-state index contributed by atoms with van der Waals surface area (Å²) in [5.41, 5.74) is 18.1. The predicted octanol–water partition coefficient (Wildman–Crippen LogP) is 36.5. The fourth-order valence-corrected chi connectivity index (χ4v) is 22.6. The molecule has 145 heavy (non-hydrogen) atoms. The number of aliphatic hydroxyl groups is 1. The minimum absolute atomic E-state index is 0.0230. The van der Waals surface area contributed by atoms with Crippen LogP contribution in [0.2, 0.25) is 5.02 Å². The van der Waals surface area contributed by atoms with Crippen LogP contribution in [-0.2, 0) is 11.0 Å². The van der Waals surface area contributed by atoms with Crippen LogP contribution in [0, 0.1) is 0 Å². The number of nitrogens with one attached hydrogen (secondary N) is 1. The summed E-state index contributed by atoms with van der Waals surface area (Å²) in [6.45, 7) is 0. The highest BCUT2D eigenvalue weighted by Crippen LogP contribution is 2.63. The molecule has 1 aromatic heterocycles. The fraction of sp³-hybridized carbons (Fsp3) is 0.0153. The van der Waals surface area contributed by atoms with Crippen LogP contribution in [0.4, 0.5) is 11.4 Å². The summed E-state index contributed by atoms with van der Waals surface area (Å²) in [5, 5.41) is 40.9. The fourth-order valence-electron chi connectivity index (χ4n) is 19.7. The maximum atomic E-state index is 12.8. The topological polar surface area (TPSA) is 94.7 Å². The van der Waals surface area contributed by atoms with Gasteiger partial charge in [0.1, 0.15) is 5.60 Å². The van der Waals surface area contributed by atoms with Crippen molar-refractivity contribution in [3.8, 4) is 72.4 Å². The molecule has 4 aliphatic rings. The van der Waals surface area contributed by atoms with Crippen molar-refractivity contribution in [3.05, 3.63) is 579 Å². The van der Waals surface area contributed by atoms with Gasteiger partial charge in [-0.3, -0.25) is 4.79 Å². The Morgan fingerprint density at radius 1 is 0.290 bits per heavy atom. The summed E-state index contributed by atoms with van der Waals surface area (Å²) in [7, 11) is -1.41. The number of carbonyl (C=O) groups is 1. The molecule has 0 fully saturated rings. The largest absolute Gasteiger partial charge is 0.488 e. The number of rotatable bonds is 7. The van der Waals surface area contributed by atoms with E-state index in [0.717, 1.165) is 91.6 Å². The van der Waals surface area contributed by atoms with Crippen LogP contribution >= 0.6 is 107 Å². The van der Waals surface area contributed by atoms with Gasteiger partial charge >= 0.3 is 7.12 Å². The van der Waals surface area contributed by atoms with Crippen molar-refractivity contribution >= 4 is 213 Å². The lowest BCUT2D eigenvalue weighted by Crippen LogP contribution is -2.31. The maximum absolute atomic E-state index is 12.8. The first-order valence-corrected chi connectivity index (χ1v) is 50.8. The van der Waals surface area contributed by atoms with Gasteiger partial charge in [-0.1, -0.05) is 501 Å². The van der Waals surface area contributed by atoms with Gasteiger partial charge in [-0.25, -0.2) is 0 Å². The van der Waals surface area contributed by atoms with E-state index in [4.69, 9.17) is 53.2 Å². The number of carbonyl (C=O) groups excluding carboxylic acids is 1. The number of ketones is 1. The molecular formula is C131H86BBr6ClN2O4. The first-order valence-electron chi connectivity index (χ1n) is 57.7. The number of anilines is 2. The van der Waals surface area contributed by atoms with E-state index in [9.17, 15) is 11.3 Å². The van der Waals surface area contributed by atoms with Crippen LogP contribution in [0.1, 0.15) is 87.8 Å². The normalized spacial score (nSPS) is 16.0. The third-order valence-corrected chi connectivity index (χ3v) is 29.4. The Balaban J connectivity index is 0.000000112. The van der Waals surface area contributed by atoms with E-state index in [-0.39, 0.29) is 196 Å². The predicted molar refractivity (Wildman–Crippen MR) is 628 cm³/mol. The highest BCUT2D eigenvalue weighted by atomic mass is 79.9. The molecule has 2 atom stereocenters. The molecular weight excluding hydrogens is 2190 g/mol. The smallest absolute Gasteiger partial charge is 0.423 e. The number of hydrogen-bond acceptors (Lipinski definition) is 5. The van der Waals surface area contributed by atoms with E-state index in [2.05, 4.69) is 245 Å². The molecule has 0 amide bonds. The molecule has 1 heterocycles. The van der Waals surface area contributed by atoms with E-state index in [1.807, 2.05) is 121 Å². The third-order valence-electron chi connectivity index (χ3n) is 25.9. The van der Waals surface area contributed by atoms with E-state index in [1.165, 1.54) is 38.3 Å². The van der Waals surface area contributed by atoms with Crippen molar-refractivity contribution in [2.45, 2.75) is 11.0 Å². The molecule has 28 rings (SSSR count). The van der Waals surface area contributed by atoms with Gasteiger partial charge in [-0.15, -0.1) is 0 Å². The minimum atomic E-state index is -1.90. The molecule has 0 bridgehead atoms. The van der Waals surface area contributed by atoms with Gasteiger partial charge in [0.25, 0.3) is 0 Å². The average molecular weight is 2300 g/mol. The molecule has 2 unspecified atom stereocenters. The third kappa shape index (κ3) is 18.1. The molecule has 23 aromatic carbocycles. The van der Waals surface area contributed by atoms with Crippen molar-refractivity contribution in [1.82, 2.24) is 4.57 Å². The zero-order chi connectivity index (χ0) is 120. The number of halogens is 7. The van der Waals surface area contributed by atoms with Crippen molar-refractivity contribution in [3.63, 3.8) is 0 Å². The zero-order valence-electron chi connectivity index (χ0n) is 99.9. The Bertz CT molecular complexity index is 10600. The van der Waals surface area contributed by atoms with Gasteiger partial charge in [0.05, 0.1) is 49.3 Å². The molecule has 696 valence electrons. The number of benzene rings is 23. The number of fused-ring (bicyclic) bond motifs is 22. The summed E-state index contributed by atoms with van der Waals surface area (Å²) in [6, 6.07) is 107. The highest BCUT2D eigenvalue weighted by Gasteiger charge is 2.50. The number of para-hydroxylation sites is 2. The Morgan fingerprint density at radius 3 is 1.31 bits per heavy atom. The van der Waals surface area contributed by atoms with Crippen LogP contribution in [-0.4, -0.2) is 32.6 Å². The molecule has 24 aromatic rings. The molecule has 4 aliphatic carbocycles. The van der Waals surface area contributed by atoms with Crippen molar-refractivity contribution in [2.75, 3.05) is 5.32 Å². The monoisotopic (exact) mass is 2290 g/mol. The standard InChI is InChI=1S/C29H19BrO.C29H17Br.C28H20N2.C16H11Br.C13H7BrO.C10H6Br2.C6H6BClO2/c30-21-16-17-24-23-12-4-5-14-25(23)29(31,27(24)18-21)26-15-7-11-20-10-6-13-22(28(20)26)19-8-2-1-3-9-19;30-19-15-16-22-20-9-1-3-12-24(20)29(27(22)17-19)25-13-4-2-10-21(25)23-11-5-7-18-8-6-14-26(29)28(18)23;1-2-11-22(12-3-1)30-27-16-7-6-14-24(27)25-18-17-21(19-28(25)30)29-26-15-8-10-20-9-4-5-13-23(20)26;17-15-11-5-9-13-8-4-10-14(16(13)15)12-6-2-1-3-7-12;14-8-5-6-10-9-3-1-2-4-11(9)13(15)12(10)7-8;11-8-5-1-3-7-4-2-6-9(12)10(7)8;8-6-3-1-5(2-4-6)7(9)10/h1-18,31H;1-17H;1-19,29H;1-11H;1-7H;1-6H;1-4,9-10H/i6D,7D,10D,11D,13D,15D;5D,6D,7D,8D,11D,14D;;4D,5D,8D,9D,10D,11D;;1D,2D,3D,4D,5D,6D;. The Labute approximate surface area is 930 Å². The van der Waals surface area contributed by atoms with Crippen LogP contribution in [0.25, 0.3) is 148 Å². The first-order chi connectivity index (χ1) is 81.0. The lowest BCUT2D eigenvalue weighted by molar-refractivity contribution is 0.104. The molecule has 0 aliphatic heterocycles. The Hall–Kier alpha value is -14.3.